The van der Waals surface area contributed by atoms with E-state index in [2.05, 4.69) is 0 Å². The van der Waals surface area contributed by atoms with Gasteiger partial charge in [0.05, 0.1) is 4.90 Å². The molecule has 0 aliphatic rings. The van der Waals surface area contributed by atoms with Gasteiger partial charge in [-0.15, -0.1) is 0 Å². The molecule has 66 valence electrons. The predicted octanol–water partition coefficient (Wildman–Crippen LogP) is 1.63. The van der Waals surface area contributed by atoms with Crippen LogP contribution < -0.4 is 0 Å². The number of hydrogen-bond acceptors (Lipinski definition) is 3. The van der Waals surface area contributed by atoms with Gasteiger partial charge in [0.2, 0.25) is 0 Å². The Kier molecular flexibility index (Phi) is 2.30. The van der Waals surface area contributed by atoms with Crippen molar-refractivity contribution in [2.75, 3.05) is 0 Å². The van der Waals surface area contributed by atoms with E-state index in [0.717, 1.165) is 0 Å². The molecular weight excluding hydrogens is 200 g/mol. The maximum atomic E-state index is 10.8. The third-order valence-electron chi connectivity index (χ3n) is 1.42. The smallest absolute Gasteiger partial charge is 0.261 e. The molecule has 0 amide bonds. The summed E-state index contributed by atoms with van der Waals surface area (Å²) in [5.74, 6) is 0.0246. The van der Waals surface area contributed by atoms with Crippen LogP contribution in [-0.2, 0) is 9.05 Å². The first-order valence-electron chi connectivity index (χ1n) is 3.15. The molecule has 0 aromatic heterocycles. The molecule has 0 saturated carbocycles. The quantitative estimate of drug-likeness (QED) is 0.711. The molecule has 1 aromatic carbocycles. The molecule has 5 heteroatoms. The summed E-state index contributed by atoms with van der Waals surface area (Å²) < 4.78 is 21.7. The molecule has 0 saturated heterocycles. The van der Waals surface area contributed by atoms with Gasteiger partial charge in [0, 0.05) is 10.7 Å². The molecular formula is C7H7ClO3S. The Morgan fingerprint density at radius 3 is 2.42 bits per heavy atom. The normalized spacial score (nSPS) is 11.5. The van der Waals surface area contributed by atoms with Gasteiger partial charge in [-0.3, -0.25) is 0 Å². The number of benzene rings is 1. The highest BCUT2D eigenvalue weighted by atomic mass is 35.7. The summed E-state index contributed by atoms with van der Waals surface area (Å²) >= 11 is 0. The van der Waals surface area contributed by atoms with Crippen LogP contribution in [-0.4, -0.2) is 13.5 Å². The summed E-state index contributed by atoms with van der Waals surface area (Å²) in [5, 5.41) is 8.97. The van der Waals surface area contributed by atoms with E-state index in [1.807, 2.05) is 0 Å². The first-order chi connectivity index (χ1) is 5.41. The molecule has 0 heterocycles. The minimum atomic E-state index is -3.69. The highest BCUT2D eigenvalue weighted by Gasteiger charge is 2.12. The standard InChI is InChI=1S/C7H7ClO3S/c1-5-4-6(9)2-3-7(5)12(8,10)11/h2-4,9H,1H3. The molecule has 0 aliphatic heterocycles. The minimum absolute atomic E-state index is 0.0246. The summed E-state index contributed by atoms with van der Waals surface area (Å²) in [6.45, 7) is 1.56. The SMILES string of the molecule is Cc1cc(O)ccc1S(=O)(=O)Cl. The third-order valence-corrected chi connectivity index (χ3v) is 2.90. The van der Waals surface area contributed by atoms with Gasteiger partial charge in [0.15, 0.2) is 0 Å². The van der Waals surface area contributed by atoms with E-state index in [4.69, 9.17) is 15.8 Å². The number of rotatable bonds is 1. The first kappa shape index (κ1) is 9.35. The van der Waals surface area contributed by atoms with Gasteiger partial charge in [-0.1, -0.05) is 0 Å². The number of aromatic hydroxyl groups is 1. The zero-order valence-electron chi connectivity index (χ0n) is 6.28. The van der Waals surface area contributed by atoms with Gasteiger partial charge in [-0.2, -0.15) is 0 Å². The number of phenolic OH excluding ortho intramolecular Hbond substituents is 1. The fraction of sp³-hybridized carbons (Fsp3) is 0.143. The lowest BCUT2D eigenvalue weighted by atomic mass is 10.2. The van der Waals surface area contributed by atoms with Gasteiger partial charge < -0.3 is 5.11 Å². The van der Waals surface area contributed by atoms with Gasteiger partial charge in [0.1, 0.15) is 5.75 Å². The third kappa shape index (κ3) is 1.89. The number of phenols is 1. The van der Waals surface area contributed by atoms with E-state index < -0.39 is 9.05 Å². The summed E-state index contributed by atoms with van der Waals surface area (Å²) in [6.07, 6.45) is 0. The second-order valence-corrected chi connectivity index (χ2v) is 4.92. The van der Waals surface area contributed by atoms with E-state index >= 15 is 0 Å². The van der Waals surface area contributed by atoms with E-state index in [1.165, 1.54) is 18.2 Å². The zero-order valence-corrected chi connectivity index (χ0v) is 7.85. The number of hydrogen-bond donors (Lipinski definition) is 1. The summed E-state index contributed by atoms with van der Waals surface area (Å²) in [6, 6.07) is 3.89. The van der Waals surface area contributed by atoms with Crippen LogP contribution in [0.1, 0.15) is 5.56 Å². The molecule has 0 spiro atoms. The van der Waals surface area contributed by atoms with Crippen molar-refractivity contribution in [3.05, 3.63) is 23.8 Å². The first-order valence-corrected chi connectivity index (χ1v) is 5.46. The fourth-order valence-electron chi connectivity index (χ4n) is 0.907. The van der Waals surface area contributed by atoms with E-state index in [-0.39, 0.29) is 10.6 Å². The molecule has 0 atom stereocenters. The highest BCUT2D eigenvalue weighted by Crippen LogP contribution is 2.22. The van der Waals surface area contributed by atoms with Crippen LogP contribution in [0.3, 0.4) is 0 Å². The lowest BCUT2D eigenvalue weighted by molar-refractivity contribution is 0.474. The maximum Gasteiger partial charge on any atom is 0.261 e. The number of halogens is 1. The van der Waals surface area contributed by atoms with Crippen molar-refractivity contribution in [2.24, 2.45) is 0 Å². The molecule has 3 nitrogen and oxygen atoms in total. The Hall–Kier alpha value is -0.740. The van der Waals surface area contributed by atoms with Crippen molar-refractivity contribution in [1.82, 2.24) is 0 Å². The van der Waals surface area contributed by atoms with E-state index in [1.54, 1.807) is 6.92 Å². The van der Waals surface area contributed by atoms with Gasteiger partial charge in [0.25, 0.3) is 9.05 Å². The van der Waals surface area contributed by atoms with Gasteiger partial charge >= 0.3 is 0 Å². The Balaban J connectivity index is 3.39. The largest absolute Gasteiger partial charge is 0.508 e. The number of aryl methyl sites for hydroxylation is 1. The average molecular weight is 207 g/mol. The molecule has 0 bridgehead atoms. The molecule has 1 aromatic rings. The second kappa shape index (κ2) is 2.95. The van der Waals surface area contributed by atoms with Crippen LogP contribution >= 0.6 is 10.7 Å². The minimum Gasteiger partial charge on any atom is -0.508 e. The van der Waals surface area contributed by atoms with Crippen LogP contribution in [0.5, 0.6) is 5.75 Å². The van der Waals surface area contributed by atoms with Crippen LogP contribution in [0.25, 0.3) is 0 Å². The van der Waals surface area contributed by atoms with Crippen molar-refractivity contribution in [3.8, 4) is 5.75 Å². The fourth-order valence-corrected chi connectivity index (χ4v) is 2.10. The summed E-state index contributed by atoms with van der Waals surface area (Å²) in [7, 11) is 1.42. The molecule has 0 aliphatic carbocycles. The van der Waals surface area contributed by atoms with Crippen molar-refractivity contribution in [2.45, 2.75) is 11.8 Å². The summed E-state index contributed by atoms with van der Waals surface area (Å²) in [4.78, 5) is 0.0296. The predicted molar refractivity (Wildman–Crippen MR) is 45.9 cm³/mol. The lowest BCUT2D eigenvalue weighted by Crippen LogP contribution is -1.93. The van der Waals surface area contributed by atoms with Crippen molar-refractivity contribution >= 4 is 19.7 Å². The Bertz CT molecular complexity index is 397. The Morgan fingerprint density at radius 1 is 1.42 bits per heavy atom. The maximum absolute atomic E-state index is 10.8. The van der Waals surface area contributed by atoms with Gasteiger partial charge in [-0.25, -0.2) is 8.42 Å². The molecule has 0 fully saturated rings. The molecule has 1 rings (SSSR count). The van der Waals surface area contributed by atoms with Crippen LogP contribution in [0.4, 0.5) is 0 Å². The summed E-state index contributed by atoms with van der Waals surface area (Å²) in [5.41, 5.74) is 0.435. The van der Waals surface area contributed by atoms with Gasteiger partial charge in [-0.05, 0) is 30.7 Å². The van der Waals surface area contributed by atoms with E-state index in [9.17, 15) is 8.42 Å². The monoisotopic (exact) mass is 206 g/mol. The highest BCUT2D eigenvalue weighted by molar-refractivity contribution is 8.13. The zero-order chi connectivity index (χ0) is 9.35. The second-order valence-electron chi connectivity index (χ2n) is 2.39. The van der Waals surface area contributed by atoms with Crippen molar-refractivity contribution in [1.29, 1.82) is 0 Å². The Morgan fingerprint density at radius 2 is 2.00 bits per heavy atom. The molecule has 1 N–H and O–H groups in total. The lowest BCUT2D eigenvalue weighted by Gasteiger charge is -2.00. The molecule has 0 unspecified atom stereocenters. The average Bonchev–Trinajstić information content (AvgIpc) is 1.83. The van der Waals surface area contributed by atoms with Crippen LogP contribution in [0.15, 0.2) is 23.1 Å². The van der Waals surface area contributed by atoms with E-state index in [0.29, 0.717) is 5.56 Å². The molecule has 0 radical (unpaired) electrons. The Labute approximate surface area is 75.0 Å². The van der Waals surface area contributed by atoms with Crippen LogP contribution in [0.2, 0.25) is 0 Å². The molecule has 12 heavy (non-hydrogen) atoms. The van der Waals surface area contributed by atoms with Crippen LogP contribution in [0, 0.1) is 6.92 Å². The van der Waals surface area contributed by atoms with Crippen molar-refractivity contribution in [3.63, 3.8) is 0 Å². The van der Waals surface area contributed by atoms with Crippen molar-refractivity contribution < 1.29 is 13.5 Å². The topological polar surface area (TPSA) is 54.4 Å².